The van der Waals surface area contributed by atoms with Crippen LogP contribution in [-0.4, -0.2) is 14.8 Å². The first-order valence-corrected chi connectivity index (χ1v) is 19.3. The number of nitrogens with zero attached hydrogens (tertiary/aromatic N) is 3. The maximum Gasteiger partial charge on any atom is 0.269 e. The quantitative estimate of drug-likeness (QED) is 0.0984. The molecule has 63 heavy (non-hydrogen) atoms. The smallest absolute Gasteiger partial charge is 0.258 e. The van der Waals surface area contributed by atoms with Crippen LogP contribution in [0.5, 0.6) is 0 Å². The molecule has 0 spiro atoms. The average Bonchev–Trinajstić information content (AvgIpc) is 3.27. The second kappa shape index (κ2) is 22.2. The molecule has 8 rings (SSSR count). The Morgan fingerprint density at radius 3 is 1.13 bits per heavy atom. The lowest BCUT2D eigenvalue weighted by Crippen LogP contribution is -1.91. The highest BCUT2D eigenvalue weighted by atomic mass is 19.2. The highest BCUT2D eigenvalue weighted by Crippen LogP contribution is 2.26. The number of hydrogen-bond donors (Lipinski definition) is 0. The summed E-state index contributed by atoms with van der Waals surface area (Å²) < 4.78 is 52.0. The summed E-state index contributed by atoms with van der Waals surface area (Å²) in [5.74, 6) is -2.42. The number of fused-ring (bicyclic) bond motifs is 2. The first-order valence-electron chi connectivity index (χ1n) is 19.3. The Morgan fingerprint density at radius 2 is 0.746 bits per heavy atom. The van der Waals surface area contributed by atoms with Gasteiger partial charge in [-0.15, -0.1) is 0 Å². The molecule has 0 heterocycles. The molecule has 0 aliphatic heterocycles. The predicted octanol–water partition coefficient (Wildman–Crippen LogP) is 14.5. The molecule has 0 N–H and O–H groups in total. The molecule has 0 atom stereocenters. The van der Waals surface area contributed by atoms with E-state index in [1.54, 1.807) is 66.7 Å². The number of non-ortho nitro benzene ring substituents is 3. The van der Waals surface area contributed by atoms with Crippen molar-refractivity contribution in [3.05, 3.63) is 239 Å². The van der Waals surface area contributed by atoms with Gasteiger partial charge in [0.05, 0.1) is 14.8 Å². The zero-order chi connectivity index (χ0) is 46.4. The molecule has 9 nitrogen and oxygen atoms in total. The SMILES string of the molecule is Cc1ccc(C)c(F)c1F.Cc1ccc2c(F)c(C)c(F)cc2c1.Cc1ccc2cc(C)ccc2c1.O=[N+]([O-])c1ccc(-c2ccc([N+](=O)[O-])cc2)cc1.O=[N+]([O-])c1ccccc1. The molecule has 0 unspecified atom stereocenters. The number of halogens is 4. The largest absolute Gasteiger partial charge is 0.269 e. The van der Waals surface area contributed by atoms with Crippen LogP contribution in [0.2, 0.25) is 0 Å². The van der Waals surface area contributed by atoms with Crippen molar-refractivity contribution < 1.29 is 32.3 Å². The van der Waals surface area contributed by atoms with E-state index >= 15 is 0 Å². The molecule has 0 radical (unpaired) electrons. The summed E-state index contributed by atoms with van der Waals surface area (Å²) in [6.07, 6.45) is 0. The highest BCUT2D eigenvalue weighted by Gasteiger charge is 2.10. The maximum absolute atomic E-state index is 13.6. The Hall–Kier alpha value is -7.80. The molecule has 0 amide bonds. The van der Waals surface area contributed by atoms with Crippen LogP contribution >= 0.6 is 0 Å². The molecular formula is C50H43F4N3O6. The van der Waals surface area contributed by atoms with Crippen LogP contribution in [0.1, 0.15) is 33.4 Å². The molecule has 0 saturated heterocycles. The molecule has 0 aliphatic rings. The van der Waals surface area contributed by atoms with Gasteiger partial charge in [0.1, 0.15) is 11.6 Å². The van der Waals surface area contributed by atoms with Gasteiger partial charge in [-0.1, -0.05) is 102 Å². The van der Waals surface area contributed by atoms with Crippen molar-refractivity contribution in [2.75, 3.05) is 0 Å². The van der Waals surface area contributed by atoms with E-state index < -0.39 is 38.0 Å². The third-order valence-electron chi connectivity index (χ3n) is 9.49. The minimum Gasteiger partial charge on any atom is -0.258 e. The Bertz CT molecular complexity index is 2750. The summed E-state index contributed by atoms with van der Waals surface area (Å²) >= 11 is 0. The second-order valence-corrected chi connectivity index (χ2v) is 14.4. The van der Waals surface area contributed by atoms with Gasteiger partial charge in [0.15, 0.2) is 11.6 Å². The van der Waals surface area contributed by atoms with Gasteiger partial charge in [-0.05, 0) is 110 Å². The molecule has 13 heteroatoms. The average molecular weight is 858 g/mol. The summed E-state index contributed by atoms with van der Waals surface area (Å²) in [5.41, 5.74) is 6.15. The number of benzene rings is 8. The summed E-state index contributed by atoms with van der Waals surface area (Å²) in [7, 11) is 0. The fourth-order valence-electron chi connectivity index (χ4n) is 5.88. The van der Waals surface area contributed by atoms with E-state index in [9.17, 15) is 47.9 Å². The number of nitro groups is 3. The standard InChI is InChI=1S/C12H10F2.C12H8N2O4.C12H12.C8H8F2.C6H5NO2/c1-7-3-4-10-9(5-7)6-11(13)8(2)12(10)14;15-13(16)11-5-1-9(2-6-11)10-3-7-12(8-4-10)14(17)18;1-9-3-5-12-8-10(2)4-6-11(12)7-9;1-5-3-4-6(2)8(10)7(5)9;8-7(9)6-4-2-1-3-5-6/h3-6H,1-2H3;1-8H;3-8H,1-2H3;3-4H,1-2H3;1-5H. The number of hydrogen-bond acceptors (Lipinski definition) is 6. The number of aryl methyl sites for hydroxylation is 5. The second-order valence-electron chi connectivity index (χ2n) is 14.4. The van der Waals surface area contributed by atoms with E-state index in [1.165, 1.54) is 85.1 Å². The van der Waals surface area contributed by atoms with Crippen LogP contribution in [0.3, 0.4) is 0 Å². The van der Waals surface area contributed by atoms with Gasteiger partial charge >= 0.3 is 0 Å². The molecule has 8 aromatic carbocycles. The molecule has 0 bridgehead atoms. The Balaban J connectivity index is 0.000000177. The zero-order valence-electron chi connectivity index (χ0n) is 35.2. The van der Waals surface area contributed by atoms with E-state index in [0.717, 1.165) is 16.7 Å². The summed E-state index contributed by atoms with van der Waals surface area (Å²) in [4.78, 5) is 29.6. The summed E-state index contributed by atoms with van der Waals surface area (Å²) in [6, 6.07) is 42.9. The van der Waals surface area contributed by atoms with Gasteiger partial charge in [-0.2, -0.15) is 0 Å². The predicted molar refractivity (Wildman–Crippen MR) is 241 cm³/mol. The van der Waals surface area contributed by atoms with Gasteiger partial charge in [-0.25, -0.2) is 17.6 Å². The van der Waals surface area contributed by atoms with Crippen LogP contribution in [0, 0.1) is 95.2 Å². The van der Waals surface area contributed by atoms with Crippen LogP contribution in [0.4, 0.5) is 34.6 Å². The molecule has 0 aromatic heterocycles. The van der Waals surface area contributed by atoms with E-state index in [2.05, 4.69) is 50.2 Å². The highest BCUT2D eigenvalue weighted by molar-refractivity contribution is 5.85. The van der Waals surface area contributed by atoms with Gasteiger partial charge in [0, 0.05) is 47.3 Å². The molecule has 0 fully saturated rings. The lowest BCUT2D eigenvalue weighted by molar-refractivity contribution is -0.385. The van der Waals surface area contributed by atoms with E-state index in [4.69, 9.17) is 0 Å². The molecule has 322 valence electrons. The molecule has 0 aliphatic carbocycles. The van der Waals surface area contributed by atoms with Gasteiger partial charge in [0.2, 0.25) is 0 Å². The van der Waals surface area contributed by atoms with E-state index in [1.807, 2.05) is 13.0 Å². The number of nitro benzene ring substituents is 3. The molecule has 8 aromatic rings. The number of rotatable bonds is 4. The van der Waals surface area contributed by atoms with Crippen molar-refractivity contribution >= 4 is 38.6 Å². The summed E-state index contributed by atoms with van der Waals surface area (Å²) in [6.45, 7) is 10.7. The van der Waals surface area contributed by atoms with Gasteiger partial charge in [-0.3, -0.25) is 30.3 Å². The normalized spacial score (nSPS) is 10.1. The molecule has 0 saturated carbocycles. The first-order chi connectivity index (χ1) is 29.9. The Kier molecular flexibility index (Phi) is 16.8. The summed E-state index contributed by atoms with van der Waals surface area (Å²) in [5, 5.41) is 34.8. The van der Waals surface area contributed by atoms with Crippen molar-refractivity contribution in [1.82, 2.24) is 0 Å². The Labute approximate surface area is 361 Å². The first kappa shape index (κ1) is 47.9. The van der Waals surface area contributed by atoms with Crippen molar-refractivity contribution in [2.45, 2.75) is 41.5 Å². The minimum absolute atomic E-state index is 0.0145. The van der Waals surface area contributed by atoms with Crippen molar-refractivity contribution in [2.24, 2.45) is 0 Å². The van der Waals surface area contributed by atoms with Crippen LogP contribution in [0.25, 0.3) is 32.7 Å². The fraction of sp³-hybridized carbons (Fsp3) is 0.120. The zero-order valence-corrected chi connectivity index (χ0v) is 35.2. The van der Waals surface area contributed by atoms with E-state index in [-0.39, 0.29) is 22.6 Å². The van der Waals surface area contributed by atoms with Crippen molar-refractivity contribution in [1.29, 1.82) is 0 Å². The lowest BCUT2D eigenvalue weighted by Gasteiger charge is -2.04. The van der Waals surface area contributed by atoms with Crippen LogP contribution in [0.15, 0.2) is 152 Å². The van der Waals surface area contributed by atoms with Crippen molar-refractivity contribution in [3.8, 4) is 11.1 Å². The third-order valence-corrected chi connectivity index (χ3v) is 9.49. The van der Waals surface area contributed by atoms with Gasteiger partial charge in [0.25, 0.3) is 17.1 Å². The minimum atomic E-state index is -0.736. The van der Waals surface area contributed by atoms with Crippen LogP contribution < -0.4 is 0 Å². The topological polar surface area (TPSA) is 129 Å². The van der Waals surface area contributed by atoms with E-state index in [0.29, 0.717) is 21.9 Å². The maximum atomic E-state index is 13.6. The van der Waals surface area contributed by atoms with Gasteiger partial charge < -0.3 is 0 Å². The molecular weight excluding hydrogens is 815 g/mol. The fourth-order valence-corrected chi connectivity index (χ4v) is 5.88. The monoisotopic (exact) mass is 857 g/mol. The lowest BCUT2D eigenvalue weighted by atomic mass is 10.0. The number of para-hydroxylation sites is 1. The van der Waals surface area contributed by atoms with Crippen molar-refractivity contribution in [3.63, 3.8) is 0 Å². The van der Waals surface area contributed by atoms with Crippen LogP contribution in [-0.2, 0) is 0 Å². The third kappa shape index (κ3) is 13.6. The Morgan fingerprint density at radius 1 is 0.381 bits per heavy atom.